The lowest BCUT2D eigenvalue weighted by atomic mass is 10.2. The lowest BCUT2D eigenvalue weighted by Crippen LogP contribution is -2.33. The minimum absolute atomic E-state index is 0.211. The second-order valence-corrected chi connectivity index (χ2v) is 7.84. The summed E-state index contributed by atoms with van der Waals surface area (Å²) in [5, 5.41) is 5.83. The van der Waals surface area contributed by atoms with E-state index in [1.54, 1.807) is 36.5 Å². The van der Waals surface area contributed by atoms with Crippen LogP contribution in [0.25, 0.3) is 0 Å². The summed E-state index contributed by atoms with van der Waals surface area (Å²) in [5.74, 6) is -0.0792. The van der Waals surface area contributed by atoms with Gasteiger partial charge >= 0.3 is 0 Å². The summed E-state index contributed by atoms with van der Waals surface area (Å²) in [7, 11) is 0. The highest BCUT2D eigenvalue weighted by atomic mass is 35.5. The fourth-order valence-corrected chi connectivity index (χ4v) is 3.24. The van der Waals surface area contributed by atoms with E-state index in [1.165, 1.54) is 16.7 Å². The Bertz CT molecular complexity index is 1160. The molecular formula is C25H26ClN3O4. The van der Waals surface area contributed by atoms with E-state index in [0.717, 1.165) is 18.4 Å². The molecule has 8 heteroatoms. The highest BCUT2D eigenvalue weighted by molar-refractivity contribution is 6.31. The van der Waals surface area contributed by atoms with Crippen molar-refractivity contribution >= 4 is 29.1 Å². The molecule has 0 radical (unpaired) electrons. The van der Waals surface area contributed by atoms with E-state index in [1.807, 2.05) is 18.2 Å². The number of nitrogens with one attached hydrogen (secondary N) is 2. The zero-order valence-corrected chi connectivity index (χ0v) is 19.1. The van der Waals surface area contributed by atoms with E-state index in [0.29, 0.717) is 28.6 Å². The third-order valence-corrected chi connectivity index (χ3v) is 5.23. The Hall–Kier alpha value is -3.58. The van der Waals surface area contributed by atoms with Gasteiger partial charge in [0.2, 0.25) is 5.91 Å². The molecule has 0 aliphatic rings. The summed E-state index contributed by atoms with van der Waals surface area (Å²) < 4.78 is 7.04. The first-order valence-electron chi connectivity index (χ1n) is 10.7. The van der Waals surface area contributed by atoms with Crippen LogP contribution >= 0.6 is 11.6 Å². The topological polar surface area (TPSA) is 89.4 Å². The number of unbranched alkanes of at least 4 members (excludes halogenated alkanes) is 1. The lowest BCUT2D eigenvalue weighted by Gasteiger charge is -2.11. The maximum absolute atomic E-state index is 12.3. The summed E-state index contributed by atoms with van der Waals surface area (Å²) in [6.07, 6.45) is 3.56. The predicted molar refractivity (Wildman–Crippen MR) is 129 cm³/mol. The normalized spacial score (nSPS) is 10.5. The molecular weight excluding hydrogens is 442 g/mol. The first kappa shape index (κ1) is 24.1. The highest BCUT2D eigenvalue weighted by Crippen LogP contribution is 2.16. The highest BCUT2D eigenvalue weighted by Gasteiger charge is 2.10. The average molecular weight is 468 g/mol. The van der Waals surface area contributed by atoms with Crippen LogP contribution in [0, 0.1) is 0 Å². The molecule has 3 rings (SSSR count). The number of carbonyl (C=O) groups excluding carboxylic acids is 2. The Kier molecular flexibility index (Phi) is 8.66. The number of anilines is 1. The zero-order valence-electron chi connectivity index (χ0n) is 18.3. The monoisotopic (exact) mass is 467 g/mol. The molecule has 0 saturated heterocycles. The van der Waals surface area contributed by atoms with Crippen molar-refractivity contribution in [1.29, 1.82) is 0 Å². The molecule has 0 aliphatic carbocycles. The van der Waals surface area contributed by atoms with Gasteiger partial charge in [0.25, 0.3) is 11.5 Å². The van der Waals surface area contributed by atoms with Crippen LogP contribution < -0.4 is 20.9 Å². The number of carbonyl (C=O) groups is 2. The Morgan fingerprint density at radius 3 is 2.52 bits per heavy atom. The molecule has 33 heavy (non-hydrogen) atoms. The molecule has 0 bridgehead atoms. The van der Waals surface area contributed by atoms with Gasteiger partial charge in [-0.15, -0.1) is 0 Å². The molecule has 172 valence electrons. The van der Waals surface area contributed by atoms with E-state index >= 15 is 0 Å². The van der Waals surface area contributed by atoms with Crippen LogP contribution in [-0.4, -0.2) is 29.5 Å². The fraction of sp³-hybridized carbons (Fsp3) is 0.240. The number of hydrogen-bond acceptors (Lipinski definition) is 4. The van der Waals surface area contributed by atoms with Gasteiger partial charge < -0.3 is 19.9 Å². The number of ether oxygens (including phenoxy) is 1. The van der Waals surface area contributed by atoms with Crippen molar-refractivity contribution in [3.05, 3.63) is 93.4 Å². The summed E-state index contributed by atoms with van der Waals surface area (Å²) in [5.41, 5.74) is 1.44. The second kappa shape index (κ2) is 11.9. The summed E-state index contributed by atoms with van der Waals surface area (Å²) in [4.78, 5) is 36.8. The largest absolute Gasteiger partial charge is 0.494 e. The minimum atomic E-state index is -0.411. The number of benzene rings is 2. The van der Waals surface area contributed by atoms with Crippen molar-refractivity contribution in [1.82, 2.24) is 9.88 Å². The number of amides is 2. The van der Waals surface area contributed by atoms with Gasteiger partial charge in [0, 0.05) is 22.8 Å². The molecule has 0 fully saturated rings. The molecule has 2 N–H and O–H groups in total. The van der Waals surface area contributed by atoms with Gasteiger partial charge in [-0.1, -0.05) is 43.1 Å². The maximum atomic E-state index is 12.3. The number of nitrogens with zero attached hydrogens (tertiary/aromatic N) is 1. The summed E-state index contributed by atoms with van der Waals surface area (Å²) >= 11 is 6.18. The van der Waals surface area contributed by atoms with Crippen molar-refractivity contribution < 1.29 is 14.3 Å². The van der Waals surface area contributed by atoms with Crippen LogP contribution in [0.2, 0.25) is 5.02 Å². The van der Waals surface area contributed by atoms with Crippen LogP contribution in [0.15, 0.2) is 71.7 Å². The molecule has 2 amide bonds. The molecule has 2 aromatic carbocycles. The first-order valence-corrected chi connectivity index (χ1v) is 11.1. The Morgan fingerprint density at radius 1 is 1.03 bits per heavy atom. The predicted octanol–water partition coefficient (Wildman–Crippen LogP) is 4.10. The quantitative estimate of drug-likeness (QED) is 0.439. The standard InChI is InChI=1S/C25H26ClN3O4/c1-2-3-14-33-21-11-8-18(9-12-21)25(32)27-15-23(30)28-20-10-13-24(31)29(17-20)16-19-6-4-5-7-22(19)26/h4-13,17H,2-3,14-16H2,1H3,(H,27,32)(H,28,30). The second-order valence-electron chi connectivity index (χ2n) is 7.43. The number of pyridine rings is 1. The Labute approximate surface area is 197 Å². The SMILES string of the molecule is CCCCOc1ccc(C(=O)NCC(=O)Nc2ccc(=O)n(Cc3ccccc3Cl)c2)cc1. The van der Waals surface area contributed by atoms with Crippen LogP contribution in [0.4, 0.5) is 5.69 Å². The minimum Gasteiger partial charge on any atom is -0.494 e. The lowest BCUT2D eigenvalue weighted by molar-refractivity contribution is -0.115. The molecule has 0 saturated carbocycles. The molecule has 1 aromatic heterocycles. The van der Waals surface area contributed by atoms with Crippen molar-refractivity contribution in [2.45, 2.75) is 26.3 Å². The van der Waals surface area contributed by atoms with Crippen molar-refractivity contribution in [2.24, 2.45) is 0 Å². The van der Waals surface area contributed by atoms with Gasteiger partial charge in [0.05, 0.1) is 25.4 Å². The average Bonchev–Trinajstić information content (AvgIpc) is 2.82. The molecule has 1 heterocycles. The Balaban J connectivity index is 1.54. The third-order valence-electron chi connectivity index (χ3n) is 4.86. The number of rotatable bonds is 10. The van der Waals surface area contributed by atoms with Crippen LogP contribution in [0.3, 0.4) is 0 Å². The van der Waals surface area contributed by atoms with Gasteiger partial charge in [-0.3, -0.25) is 14.4 Å². The first-order chi connectivity index (χ1) is 16.0. The summed E-state index contributed by atoms with van der Waals surface area (Å²) in [6.45, 7) is 2.78. The fourth-order valence-electron chi connectivity index (χ4n) is 3.04. The van der Waals surface area contributed by atoms with E-state index in [9.17, 15) is 14.4 Å². The molecule has 0 unspecified atom stereocenters. The van der Waals surface area contributed by atoms with Crippen molar-refractivity contribution in [3.63, 3.8) is 0 Å². The number of hydrogen-bond donors (Lipinski definition) is 2. The van der Waals surface area contributed by atoms with Gasteiger partial charge in [-0.25, -0.2) is 0 Å². The molecule has 0 aliphatic heterocycles. The molecule has 0 spiro atoms. The zero-order chi connectivity index (χ0) is 23.6. The smallest absolute Gasteiger partial charge is 0.251 e. The van der Waals surface area contributed by atoms with Gasteiger partial charge in [-0.2, -0.15) is 0 Å². The Morgan fingerprint density at radius 2 is 1.79 bits per heavy atom. The molecule has 3 aromatic rings. The van der Waals surface area contributed by atoms with Gasteiger partial charge in [-0.05, 0) is 48.4 Å². The van der Waals surface area contributed by atoms with E-state index in [2.05, 4.69) is 17.6 Å². The van der Waals surface area contributed by atoms with Gasteiger partial charge in [0.1, 0.15) is 5.75 Å². The maximum Gasteiger partial charge on any atom is 0.251 e. The molecule has 7 nitrogen and oxygen atoms in total. The molecule has 0 atom stereocenters. The van der Waals surface area contributed by atoms with Crippen LogP contribution in [0.5, 0.6) is 5.75 Å². The van der Waals surface area contributed by atoms with Crippen LogP contribution in [-0.2, 0) is 11.3 Å². The van der Waals surface area contributed by atoms with Gasteiger partial charge in [0.15, 0.2) is 0 Å². The van der Waals surface area contributed by atoms with Crippen molar-refractivity contribution in [2.75, 3.05) is 18.5 Å². The van der Waals surface area contributed by atoms with E-state index < -0.39 is 5.91 Å². The van der Waals surface area contributed by atoms with E-state index in [4.69, 9.17) is 16.3 Å². The number of aromatic nitrogens is 1. The number of halogens is 1. The summed E-state index contributed by atoms with van der Waals surface area (Å²) in [6, 6.07) is 16.9. The van der Waals surface area contributed by atoms with Crippen molar-refractivity contribution in [3.8, 4) is 5.75 Å². The van der Waals surface area contributed by atoms with E-state index in [-0.39, 0.29) is 24.6 Å². The third kappa shape index (κ3) is 7.22. The van der Waals surface area contributed by atoms with Crippen LogP contribution in [0.1, 0.15) is 35.7 Å².